The molecule has 0 aromatic carbocycles. The van der Waals surface area contributed by atoms with Crippen LogP contribution in [-0.4, -0.2) is 26.4 Å². The smallest absolute Gasteiger partial charge is 0.748 e. The van der Waals surface area contributed by atoms with Crippen LogP contribution in [0.4, 0.5) is 0 Å². The molecule has 3 nitrogen and oxygen atoms in total. The number of hydrogen-bond donors (Lipinski definition) is 0. The summed E-state index contributed by atoms with van der Waals surface area (Å²) in [6, 6.07) is 0.911. The Bertz CT molecular complexity index is 213. The van der Waals surface area contributed by atoms with Crippen LogP contribution in [0.2, 0.25) is 19.1 Å². The van der Waals surface area contributed by atoms with Crippen molar-refractivity contribution >= 4 is 18.2 Å². The first-order valence-electron chi connectivity index (χ1n) is 3.70. The molecule has 0 unspecified atom stereocenters. The molecule has 0 amide bonds. The standard InChI is InChI=1S/C6H16O3SSi.Na/c1-4-5-11(2,3)6-10(7,8)9;/h4-6H2,1-3H3,(H,7,8,9);/q;+1/p-1. The third-order valence-electron chi connectivity index (χ3n) is 1.49. The summed E-state index contributed by atoms with van der Waals surface area (Å²) in [5.74, 6) is 0. The zero-order chi connectivity index (χ0) is 9.12. The van der Waals surface area contributed by atoms with Gasteiger partial charge in [-0.15, -0.1) is 0 Å². The van der Waals surface area contributed by atoms with Crippen molar-refractivity contribution in [1.29, 1.82) is 0 Å². The first kappa shape index (κ1) is 15.6. The minimum absolute atomic E-state index is 0. The van der Waals surface area contributed by atoms with E-state index in [4.69, 9.17) is 0 Å². The molecular weight excluding hydrogens is 203 g/mol. The van der Waals surface area contributed by atoms with Crippen LogP contribution in [0, 0.1) is 0 Å². The van der Waals surface area contributed by atoms with Gasteiger partial charge in [-0.2, -0.15) is 0 Å². The molecule has 0 aliphatic rings. The van der Waals surface area contributed by atoms with Crippen LogP contribution in [0.3, 0.4) is 0 Å². The molecule has 0 aliphatic heterocycles. The maximum absolute atomic E-state index is 10.4. The summed E-state index contributed by atoms with van der Waals surface area (Å²) in [5.41, 5.74) is 0. The first-order chi connectivity index (χ1) is 4.77. The quantitative estimate of drug-likeness (QED) is 0.413. The maximum Gasteiger partial charge on any atom is 1.00 e. The normalized spacial score (nSPS) is 12.3. The van der Waals surface area contributed by atoms with Crippen molar-refractivity contribution in [3.8, 4) is 0 Å². The zero-order valence-electron chi connectivity index (χ0n) is 8.25. The second-order valence-electron chi connectivity index (χ2n) is 3.62. The average molecular weight is 218 g/mol. The van der Waals surface area contributed by atoms with Gasteiger partial charge in [0.05, 0.1) is 18.2 Å². The van der Waals surface area contributed by atoms with Gasteiger partial charge in [-0.1, -0.05) is 32.5 Å². The van der Waals surface area contributed by atoms with Gasteiger partial charge in [0.15, 0.2) is 0 Å². The molecule has 0 aromatic heterocycles. The minimum Gasteiger partial charge on any atom is -0.748 e. The summed E-state index contributed by atoms with van der Waals surface area (Å²) in [4.78, 5) is 0. The summed E-state index contributed by atoms with van der Waals surface area (Å²) < 4.78 is 31.2. The summed E-state index contributed by atoms with van der Waals surface area (Å²) in [6.45, 7) is 5.88. The van der Waals surface area contributed by atoms with Gasteiger partial charge in [-0.05, 0) is 0 Å². The Balaban J connectivity index is 0. The Morgan fingerprint density at radius 1 is 1.33 bits per heavy atom. The molecular formula is C6H15NaO3SSi. The predicted molar refractivity (Wildman–Crippen MR) is 47.1 cm³/mol. The van der Waals surface area contributed by atoms with Gasteiger partial charge in [0.1, 0.15) is 0 Å². The average Bonchev–Trinajstić information content (AvgIpc) is 1.55. The summed E-state index contributed by atoms with van der Waals surface area (Å²) in [6.07, 6.45) is 0.967. The van der Waals surface area contributed by atoms with E-state index in [0.29, 0.717) is 0 Å². The molecule has 12 heavy (non-hydrogen) atoms. The van der Waals surface area contributed by atoms with Gasteiger partial charge in [-0.25, -0.2) is 8.42 Å². The zero-order valence-corrected chi connectivity index (χ0v) is 12.1. The summed E-state index contributed by atoms with van der Waals surface area (Å²) in [5, 5.41) is -0.117. The molecule has 0 N–H and O–H groups in total. The van der Waals surface area contributed by atoms with Gasteiger partial charge in [0.2, 0.25) is 0 Å². The fourth-order valence-electron chi connectivity index (χ4n) is 1.23. The van der Waals surface area contributed by atoms with Crippen LogP contribution >= 0.6 is 0 Å². The van der Waals surface area contributed by atoms with Crippen LogP contribution in [0.1, 0.15) is 13.3 Å². The van der Waals surface area contributed by atoms with Crippen LogP contribution in [0.15, 0.2) is 0 Å². The topological polar surface area (TPSA) is 57.2 Å². The molecule has 0 saturated heterocycles. The fraction of sp³-hybridized carbons (Fsp3) is 1.00. The van der Waals surface area contributed by atoms with E-state index in [0.717, 1.165) is 12.5 Å². The Hall–Kier alpha value is 1.13. The van der Waals surface area contributed by atoms with Crippen molar-refractivity contribution in [2.24, 2.45) is 0 Å². The SMILES string of the molecule is CCC[Si](C)(C)CS(=O)(=O)[O-].[Na+]. The predicted octanol–water partition coefficient (Wildman–Crippen LogP) is -1.81. The Kier molecular flexibility index (Phi) is 7.50. The monoisotopic (exact) mass is 218 g/mol. The summed E-state index contributed by atoms with van der Waals surface area (Å²) in [7, 11) is -5.73. The van der Waals surface area contributed by atoms with E-state index in [1.165, 1.54) is 0 Å². The van der Waals surface area contributed by atoms with E-state index in [9.17, 15) is 13.0 Å². The largest absolute Gasteiger partial charge is 1.00 e. The third-order valence-corrected chi connectivity index (χ3v) is 7.89. The Morgan fingerprint density at radius 3 is 2.00 bits per heavy atom. The van der Waals surface area contributed by atoms with Crippen LogP contribution in [0.5, 0.6) is 0 Å². The van der Waals surface area contributed by atoms with Crippen molar-refractivity contribution in [1.82, 2.24) is 0 Å². The van der Waals surface area contributed by atoms with E-state index in [1.807, 2.05) is 20.0 Å². The van der Waals surface area contributed by atoms with Gasteiger partial charge >= 0.3 is 29.6 Å². The van der Waals surface area contributed by atoms with E-state index in [-0.39, 0.29) is 34.9 Å². The second kappa shape index (κ2) is 5.77. The van der Waals surface area contributed by atoms with Crippen LogP contribution in [-0.2, 0) is 10.1 Å². The minimum atomic E-state index is -3.99. The molecule has 0 bridgehead atoms. The van der Waals surface area contributed by atoms with Crippen LogP contribution < -0.4 is 29.6 Å². The van der Waals surface area contributed by atoms with Gasteiger partial charge < -0.3 is 4.55 Å². The molecule has 0 aliphatic carbocycles. The molecule has 0 radical (unpaired) electrons. The molecule has 0 spiro atoms. The molecule has 0 saturated carbocycles. The Morgan fingerprint density at radius 2 is 1.75 bits per heavy atom. The Labute approximate surface area is 98.0 Å². The van der Waals surface area contributed by atoms with Crippen molar-refractivity contribution < 1.29 is 42.5 Å². The molecule has 0 rings (SSSR count). The van der Waals surface area contributed by atoms with Crippen molar-refractivity contribution in [2.75, 3.05) is 5.38 Å². The van der Waals surface area contributed by atoms with E-state index in [2.05, 4.69) is 0 Å². The molecule has 68 valence electrons. The van der Waals surface area contributed by atoms with Crippen molar-refractivity contribution in [3.63, 3.8) is 0 Å². The second-order valence-corrected chi connectivity index (χ2v) is 10.7. The molecule has 6 heteroatoms. The van der Waals surface area contributed by atoms with E-state index >= 15 is 0 Å². The summed E-state index contributed by atoms with van der Waals surface area (Å²) >= 11 is 0. The molecule has 0 atom stereocenters. The third kappa shape index (κ3) is 9.22. The fourth-order valence-corrected chi connectivity index (χ4v) is 6.99. The molecule has 0 fully saturated rings. The van der Waals surface area contributed by atoms with Gasteiger partial charge in [0, 0.05) is 5.38 Å². The number of rotatable bonds is 4. The molecule has 0 aromatic rings. The van der Waals surface area contributed by atoms with Crippen molar-refractivity contribution in [3.05, 3.63) is 0 Å². The molecule has 0 heterocycles. The number of hydrogen-bond acceptors (Lipinski definition) is 3. The maximum atomic E-state index is 10.4. The van der Waals surface area contributed by atoms with Crippen molar-refractivity contribution in [2.45, 2.75) is 32.5 Å². The van der Waals surface area contributed by atoms with E-state index < -0.39 is 18.2 Å². The first-order valence-corrected chi connectivity index (χ1v) is 8.69. The van der Waals surface area contributed by atoms with Crippen LogP contribution in [0.25, 0.3) is 0 Å². The van der Waals surface area contributed by atoms with E-state index in [1.54, 1.807) is 0 Å². The van der Waals surface area contributed by atoms with Gasteiger partial charge in [0.25, 0.3) is 0 Å². The van der Waals surface area contributed by atoms with Gasteiger partial charge in [-0.3, -0.25) is 0 Å².